The van der Waals surface area contributed by atoms with Crippen LogP contribution in [0.2, 0.25) is 0 Å². The fraction of sp³-hybridized carbons (Fsp3) is 0.571. The van der Waals surface area contributed by atoms with Gasteiger partial charge in [-0.2, -0.15) is 0 Å². The molecule has 0 bridgehead atoms. The first kappa shape index (κ1) is 12.6. The van der Waals surface area contributed by atoms with Gasteiger partial charge in [0.05, 0.1) is 0 Å². The number of hydrogen-bond donors (Lipinski definition) is 1. The van der Waals surface area contributed by atoms with Gasteiger partial charge in [-0.3, -0.25) is 0 Å². The topological polar surface area (TPSA) is 30.5 Å². The van der Waals surface area contributed by atoms with Crippen molar-refractivity contribution < 1.29 is 9.47 Å². The molecule has 0 amide bonds. The van der Waals surface area contributed by atoms with Crippen LogP contribution in [0.4, 0.5) is 0 Å². The van der Waals surface area contributed by atoms with E-state index in [9.17, 15) is 0 Å². The van der Waals surface area contributed by atoms with E-state index in [0.717, 1.165) is 12.1 Å². The average Bonchev–Trinajstić information content (AvgIpc) is 2.28. The van der Waals surface area contributed by atoms with Gasteiger partial charge in [-0.15, -0.1) is 0 Å². The summed E-state index contributed by atoms with van der Waals surface area (Å²) in [6, 6.07) is 9.08. The second-order valence-corrected chi connectivity index (χ2v) is 4.20. The molecule has 1 aliphatic rings. The zero-order valence-electron chi connectivity index (χ0n) is 10.6. The molecule has 3 nitrogen and oxygen atoms in total. The van der Waals surface area contributed by atoms with Gasteiger partial charge in [0.25, 0.3) is 0 Å². The number of benzene rings is 1. The van der Waals surface area contributed by atoms with E-state index in [1.54, 1.807) is 0 Å². The molecule has 1 aliphatic heterocycles. The Balaban J connectivity index is 2.03. The zero-order chi connectivity index (χ0) is 12.1. The Labute approximate surface area is 103 Å². The molecule has 0 radical (unpaired) electrons. The normalized spacial score (nSPS) is 19.4. The van der Waals surface area contributed by atoms with E-state index in [1.165, 1.54) is 12.0 Å². The van der Waals surface area contributed by atoms with Crippen molar-refractivity contribution in [1.29, 1.82) is 0 Å². The van der Waals surface area contributed by atoms with Crippen LogP contribution in [0.15, 0.2) is 24.3 Å². The van der Waals surface area contributed by atoms with Crippen LogP contribution in [-0.4, -0.2) is 19.8 Å². The van der Waals surface area contributed by atoms with Gasteiger partial charge in [-0.1, -0.05) is 24.3 Å². The highest BCUT2D eigenvalue weighted by Gasteiger charge is 2.19. The number of rotatable bonds is 6. The van der Waals surface area contributed by atoms with E-state index in [-0.39, 0.29) is 6.29 Å². The van der Waals surface area contributed by atoms with Gasteiger partial charge < -0.3 is 14.8 Å². The minimum atomic E-state index is -0.228. The summed E-state index contributed by atoms with van der Waals surface area (Å²) in [5, 5.41) is 3.40. The smallest absolute Gasteiger partial charge is 0.183 e. The Hall–Kier alpha value is -0.900. The predicted molar refractivity (Wildman–Crippen MR) is 67.8 cm³/mol. The summed E-state index contributed by atoms with van der Waals surface area (Å²) in [4.78, 5) is 0. The van der Waals surface area contributed by atoms with Gasteiger partial charge in [-0.05, 0) is 32.4 Å². The van der Waals surface area contributed by atoms with Gasteiger partial charge in [0.1, 0.15) is 0 Å². The molecule has 1 aromatic carbocycles. The lowest BCUT2D eigenvalue weighted by molar-refractivity contribution is -0.140. The van der Waals surface area contributed by atoms with Crippen LogP contribution >= 0.6 is 0 Å². The van der Waals surface area contributed by atoms with Crippen LogP contribution in [-0.2, 0) is 9.47 Å². The highest BCUT2D eigenvalue weighted by Crippen LogP contribution is 2.25. The van der Waals surface area contributed by atoms with Crippen LogP contribution in [0.3, 0.4) is 0 Å². The van der Waals surface area contributed by atoms with Crippen molar-refractivity contribution in [3.63, 3.8) is 0 Å². The number of hydrogen-bond acceptors (Lipinski definition) is 3. The molecule has 17 heavy (non-hydrogen) atoms. The van der Waals surface area contributed by atoms with Crippen molar-refractivity contribution in [1.82, 2.24) is 5.32 Å². The maximum atomic E-state index is 5.57. The molecule has 0 saturated carbocycles. The summed E-state index contributed by atoms with van der Waals surface area (Å²) in [6.07, 6.45) is 1.01. The summed E-state index contributed by atoms with van der Waals surface area (Å²) in [5.74, 6) is 0. The molecule has 3 heteroatoms. The molecule has 0 aromatic heterocycles. The molecule has 1 atom stereocenters. The maximum Gasteiger partial charge on any atom is 0.183 e. The van der Waals surface area contributed by atoms with E-state index in [1.807, 2.05) is 13.8 Å². The Morgan fingerprint density at radius 1 is 1.18 bits per heavy atom. The van der Waals surface area contributed by atoms with Crippen LogP contribution in [0.5, 0.6) is 0 Å². The molecule has 1 unspecified atom stereocenters. The molecular formula is C14H21NO2. The van der Waals surface area contributed by atoms with E-state index >= 15 is 0 Å². The SMILES string of the molecule is CCOC(OCC)c1ccc(C2CCN2)cc1. The molecule has 0 spiro atoms. The molecule has 2 rings (SSSR count). The quantitative estimate of drug-likeness (QED) is 0.769. The fourth-order valence-corrected chi connectivity index (χ4v) is 2.00. The largest absolute Gasteiger partial charge is 0.349 e. The van der Waals surface area contributed by atoms with Crippen molar-refractivity contribution in [3.05, 3.63) is 35.4 Å². The molecule has 1 aromatic rings. The van der Waals surface area contributed by atoms with Gasteiger partial charge in [0.15, 0.2) is 6.29 Å². The predicted octanol–water partition coefficient (Wildman–Crippen LogP) is 2.79. The molecule has 1 saturated heterocycles. The third-order valence-corrected chi connectivity index (χ3v) is 3.07. The van der Waals surface area contributed by atoms with Gasteiger partial charge in [-0.25, -0.2) is 0 Å². The second kappa shape index (κ2) is 6.15. The van der Waals surface area contributed by atoms with Crippen molar-refractivity contribution >= 4 is 0 Å². The third-order valence-electron chi connectivity index (χ3n) is 3.07. The number of nitrogens with one attached hydrogen (secondary N) is 1. The Bertz CT molecular complexity index is 327. The fourth-order valence-electron chi connectivity index (χ4n) is 2.00. The highest BCUT2D eigenvalue weighted by molar-refractivity contribution is 5.27. The molecule has 1 N–H and O–H groups in total. The Morgan fingerprint density at radius 3 is 2.18 bits per heavy atom. The van der Waals surface area contributed by atoms with Crippen LogP contribution in [0, 0.1) is 0 Å². The first-order chi connectivity index (χ1) is 8.35. The van der Waals surface area contributed by atoms with Crippen molar-refractivity contribution in [2.45, 2.75) is 32.6 Å². The first-order valence-electron chi connectivity index (χ1n) is 6.41. The Kier molecular flexibility index (Phi) is 4.54. The van der Waals surface area contributed by atoms with Crippen molar-refractivity contribution in [2.75, 3.05) is 19.8 Å². The molecule has 94 valence electrons. The van der Waals surface area contributed by atoms with Gasteiger partial charge in [0.2, 0.25) is 0 Å². The lowest BCUT2D eigenvalue weighted by atomic mass is 9.97. The number of ether oxygens (including phenoxy) is 2. The Morgan fingerprint density at radius 2 is 1.76 bits per heavy atom. The molecule has 1 fully saturated rings. The first-order valence-corrected chi connectivity index (χ1v) is 6.41. The summed E-state index contributed by atoms with van der Waals surface area (Å²) in [5.41, 5.74) is 2.45. The van der Waals surface area contributed by atoms with Crippen LogP contribution in [0.25, 0.3) is 0 Å². The van der Waals surface area contributed by atoms with Gasteiger partial charge in [0, 0.05) is 24.8 Å². The molecule has 0 aliphatic carbocycles. The summed E-state index contributed by atoms with van der Waals surface area (Å²) < 4.78 is 11.1. The zero-order valence-corrected chi connectivity index (χ0v) is 10.6. The lowest BCUT2D eigenvalue weighted by Crippen LogP contribution is -2.34. The van der Waals surface area contributed by atoms with Crippen LogP contribution in [0.1, 0.15) is 43.7 Å². The van der Waals surface area contributed by atoms with E-state index in [4.69, 9.17) is 9.47 Å². The van der Waals surface area contributed by atoms with E-state index in [0.29, 0.717) is 19.3 Å². The van der Waals surface area contributed by atoms with E-state index < -0.39 is 0 Å². The highest BCUT2D eigenvalue weighted by atomic mass is 16.7. The summed E-state index contributed by atoms with van der Waals surface area (Å²) >= 11 is 0. The minimum absolute atomic E-state index is 0.228. The van der Waals surface area contributed by atoms with Crippen LogP contribution < -0.4 is 5.32 Å². The summed E-state index contributed by atoms with van der Waals surface area (Å²) in [7, 11) is 0. The maximum absolute atomic E-state index is 5.57. The van der Waals surface area contributed by atoms with Crippen molar-refractivity contribution in [2.24, 2.45) is 0 Å². The van der Waals surface area contributed by atoms with Crippen molar-refractivity contribution in [3.8, 4) is 0 Å². The summed E-state index contributed by atoms with van der Waals surface area (Å²) in [6.45, 7) is 6.43. The minimum Gasteiger partial charge on any atom is -0.349 e. The van der Waals surface area contributed by atoms with E-state index in [2.05, 4.69) is 29.6 Å². The monoisotopic (exact) mass is 235 g/mol. The average molecular weight is 235 g/mol. The lowest BCUT2D eigenvalue weighted by Gasteiger charge is -2.28. The molecular weight excluding hydrogens is 214 g/mol. The second-order valence-electron chi connectivity index (χ2n) is 4.20. The standard InChI is InChI=1S/C14H21NO2/c1-3-16-14(17-4-2)12-7-5-11(6-8-12)13-9-10-15-13/h5-8,13-15H,3-4,9-10H2,1-2H3. The third kappa shape index (κ3) is 3.06. The van der Waals surface area contributed by atoms with Gasteiger partial charge >= 0.3 is 0 Å². The molecule has 1 heterocycles.